The van der Waals surface area contributed by atoms with Gasteiger partial charge in [0.2, 0.25) is 5.91 Å². The summed E-state index contributed by atoms with van der Waals surface area (Å²) in [4.78, 5) is 16.1. The van der Waals surface area contributed by atoms with Crippen molar-refractivity contribution in [2.45, 2.75) is 49.7 Å². The van der Waals surface area contributed by atoms with Crippen LogP contribution in [0, 0.1) is 0 Å². The number of nitrogens with zero attached hydrogens (tertiary/aromatic N) is 1. The number of nitrogens with one attached hydrogen (secondary N) is 1. The molecule has 2 aliphatic heterocycles. The summed E-state index contributed by atoms with van der Waals surface area (Å²) in [5.41, 5.74) is 1.19. The summed E-state index contributed by atoms with van der Waals surface area (Å²) < 4.78 is 5.76. The highest BCUT2D eigenvalue weighted by Crippen LogP contribution is 2.39. The summed E-state index contributed by atoms with van der Waals surface area (Å²) in [7, 11) is 0. The molecule has 0 spiro atoms. The van der Waals surface area contributed by atoms with Crippen LogP contribution in [0.25, 0.3) is 0 Å². The lowest BCUT2D eigenvalue weighted by Gasteiger charge is -2.35. The van der Waals surface area contributed by atoms with E-state index in [9.17, 15) is 4.79 Å². The second kappa shape index (κ2) is 8.37. The van der Waals surface area contributed by atoms with Crippen molar-refractivity contribution >= 4 is 17.7 Å². The van der Waals surface area contributed by atoms with Gasteiger partial charge in [0, 0.05) is 30.3 Å². The molecule has 1 N–H and O–H groups in total. The zero-order valence-corrected chi connectivity index (χ0v) is 15.5. The Balaban J connectivity index is 1.35. The van der Waals surface area contributed by atoms with Crippen molar-refractivity contribution in [2.24, 2.45) is 0 Å². The predicted octanol–water partition coefficient (Wildman–Crippen LogP) is 2.88. The van der Waals surface area contributed by atoms with Gasteiger partial charge in [0.05, 0.1) is 18.1 Å². The molecule has 1 aromatic rings. The number of thioether (sulfide) groups is 1. The summed E-state index contributed by atoms with van der Waals surface area (Å²) >= 11 is 1.79. The zero-order chi connectivity index (χ0) is 16.9. The number of benzene rings is 1. The standard InChI is InChI=1S/C19H28N2O2S/c1-14-11-21(12-15(2)23-14)10-6-5-9-20-19(22)17-13-24-18-8-4-3-7-16(17)18/h3-4,7-8,14-15,17H,5-6,9-13H2,1-2H3,(H,20,22)/t14-,15+,17-/m1/s1. The predicted molar refractivity (Wildman–Crippen MR) is 98.6 cm³/mol. The second-order valence-corrected chi connectivity index (χ2v) is 7.98. The van der Waals surface area contributed by atoms with Crippen LogP contribution in [0.3, 0.4) is 0 Å². The summed E-state index contributed by atoms with van der Waals surface area (Å²) in [5, 5.41) is 3.13. The first-order valence-electron chi connectivity index (χ1n) is 9.00. The van der Waals surface area contributed by atoms with Gasteiger partial charge >= 0.3 is 0 Å². The molecule has 132 valence electrons. The summed E-state index contributed by atoms with van der Waals surface area (Å²) in [6.07, 6.45) is 2.81. The number of carbonyl (C=O) groups excluding carboxylic acids is 1. The van der Waals surface area contributed by atoms with Gasteiger partial charge in [-0.2, -0.15) is 0 Å². The lowest BCUT2D eigenvalue weighted by Crippen LogP contribution is -2.45. The minimum atomic E-state index is 0.0205. The molecule has 2 aliphatic rings. The molecule has 0 saturated carbocycles. The number of hydrogen-bond acceptors (Lipinski definition) is 4. The number of unbranched alkanes of at least 4 members (excludes halogenated alkanes) is 1. The van der Waals surface area contributed by atoms with E-state index in [-0.39, 0.29) is 11.8 Å². The summed E-state index contributed by atoms with van der Waals surface area (Å²) in [6, 6.07) is 8.26. The Hall–Kier alpha value is -1.04. The smallest absolute Gasteiger partial charge is 0.228 e. The number of morpholine rings is 1. The van der Waals surface area contributed by atoms with Gasteiger partial charge < -0.3 is 10.1 Å². The molecular formula is C19H28N2O2S. The van der Waals surface area contributed by atoms with Crippen LogP contribution in [0.15, 0.2) is 29.2 Å². The number of carbonyl (C=O) groups is 1. The number of hydrogen-bond donors (Lipinski definition) is 1. The van der Waals surface area contributed by atoms with Gasteiger partial charge in [-0.3, -0.25) is 9.69 Å². The molecule has 0 aliphatic carbocycles. The maximum atomic E-state index is 12.4. The van der Waals surface area contributed by atoms with Crippen LogP contribution in [0.4, 0.5) is 0 Å². The van der Waals surface area contributed by atoms with Crippen molar-refractivity contribution in [3.63, 3.8) is 0 Å². The van der Waals surface area contributed by atoms with E-state index >= 15 is 0 Å². The maximum absolute atomic E-state index is 12.4. The van der Waals surface area contributed by atoms with E-state index < -0.39 is 0 Å². The van der Waals surface area contributed by atoms with E-state index in [1.165, 1.54) is 10.5 Å². The third-order valence-corrected chi connectivity index (χ3v) is 5.89. The van der Waals surface area contributed by atoms with Gasteiger partial charge in [0.15, 0.2) is 0 Å². The number of amides is 1. The van der Waals surface area contributed by atoms with Crippen molar-refractivity contribution in [3.8, 4) is 0 Å². The van der Waals surface area contributed by atoms with Crippen LogP contribution in [-0.4, -0.2) is 54.9 Å². The molecule has 0 unspecified atom stereocenters. The second-order valence-electron chi connectivity index (χ2n) is 6.92. The van der Waals surface area contributed by atoms with Crippen LogP contribution < -0.4 is 5.32 Å². The molecule has 0 bridgehead atoms. The van der Waals surface area contributed by atoms with Crippen LogP contribution in [0.1, 0.15) is 38.2 Å². The molecule has 0 aromatic heterocycles. The molecule has 0 radical (unpaired) electrons. The topological polar surface area (TPSA) is 41.6 Å². The van der Waals surface area contributed by atoms with Gasteiger partial charge in [0.1, 0.15) is 0 Å². The van der Waals surface area contributed by atoms with E-state index in [0.29, 0.717) is 12.2 Å². The summed E-state index contributed by atoms with van der Waals surface area (Å²) in [6.45, 7) is 8.19. The third-order valence-electron chi connectivity index (χ3n) is 4.71. The van der Waals surface area contributed by atoms with E-state index in [4.69, 9.17) is 4.74 Å². The molecule has 1 saturated heterocycles. The third kappa shape index (κ3) is 4.52. The molecule has 3 atom stereocenters. The first-order chi connectivity index (χ1) is 11.6. The van der Waals surface area contributed by atoms with Crippen LogP contribution >= 0.6 is 11.8 Å². The fourth-order valence-electron chi connectivity index (χ4n) is 3.64. The first-order valence-corrected chi connectivity index (χ1v) is 9.99. The molecule has 4 nitrogen and oxygen atoms in total. The Labute approximate surface area is 149 Å². The van der Waals surface area contributed by atoms with Gasteiger partial charge in [-0.15, -0.1) is 11.8 Å². The number of rotatable bonds is 6. The first kappa shape index (κ1) is 17.8. The van der Waals surface area contributed by atoms with Gasteiger partial charge in [-0.25, -0.2) is 0 Å². The largest absolute Gasteiger partial charge is 0.373 e. The zero-order valence-electron chi connectivity index (χ0n) is 14.7. The van der Waals surface area contributed by atoms with Crippen molar-refractivity contribution < 1.29 is 9.53 Å². The van der Waals surface area contributed by atoms with E-state index in [0.717, 1.165) is 44.8 Å². The lowest BCUT2D eigenvalue weighted by molar-refractivity contribution is -0.122. The Kier molecular flexibility index (Phi) is 6.19. The monoisotopic (exact) mass is 348 g/mol. The van der Waals surface area contributed by atoms with E-state index in [1.807, 2.05) is 12.1 Å². The van der Waals surface area contributed by atoms with Gasteiger partial charge in [-0.1, -0.05) is 18.2 Å². The molecule has 24 heavy (non-hydrogen) atoms. The van der Waals surface area contributed by atoms with Crippen molar-refractivity contribution in [3.05, 3.63) is 29.8 Å². The van der Waals surface area contributed by atoms with Gasteiger partial charge in [0.25, 0.3) is 0 Å². The van der Waals surface area contributed by atoms with Crippen molar-refractivity contribution in [1.29, 1.82) is 0 Å². The molecule has 2 heterocycles. The average Bonchev–Trinajstić information content (AvgIpc) is 2.97. The Bertz CT molecular complexity index is 556. The summed E-state index contributed by atoms with van der Waals surface area (Å²) in [5.74, 6) is 1.07. The van der Waals surface area contributed by atoms with Crippen LogP contribution in [0.5, 0.6) is 0 Å². The number of fused-ring (bicyclic) bond motifs is 1. The number of ether oxygens (including phenoxy) is 1. The molecule has 1 aromatic carbocycles. The van der Waals surface area contributed by atoms with Crippen LogP contribution in [-0.2, 0) is 9.53 Å². The fourth-order valence-corrected chi connectivity index (χ4v) is 4.87. The molecule has 1 fully saturated rings. The fraction of sp³-hybridized carbons (Fsp3) is 0.632. The molecule has 5 heteroatoms. The normalized spacial score (nSPS) is 27.0. The molecule has 1 amide bonds. The highest BCUT2D eigenvalue weighted by atomic mass is 32.2. The van der Waals surface area contributed by atoms with Crippen molar-refractivity contribution in [1.82, 2.24) is 10.2 Å². The Morgan fingerprint density at radius 3 is 2.79 bits per heavy atom. The Morgan fingerprint density at radius 1 is 1.25 bits per heavy atom. The highest BCUT2D eigenvalue weighted by Gasteiger charge is 2.28. The van der Waals surface area contributed by atoms with Crippen LogP contribution in [0.2, 0.25) is 0 Å². The van der Waals surface area contributed by atoms with Crippen molar-refractivity contribution in [2.75, 3.05) is 31.9 Å². The molecule has 3 rings (SSSR count). The maximum Gasteiger partial charge on any atom is 0.228 e. The minimum absolute atomic E-state index is 0.0205. The minimum Gasteiger partial charge on any atom is -0.373 e. The average molecular weight is 349 g/mol. The van der Waals surface area contributed by atoms with E-state index in [2.05, 4.69) is 36.2 Å². The Morgan fingerprint density at radius 2 is 2.00 bits per heavy atom. The lowest BCUT2D eigenvalue weighted by atomic mass is 10.0. The van der Waals surface area contributed by atoms with E-state index in [1.54, 1.807) is 11.8 Å². The highest BCUT2D eigenvalue weighted by molar-refractivity contribution is 7.99. The SMILES string of the molecule is C[C@@H]1CN(CCCCNC(=O)[C@@H]2CSc3ccccc32)C[C@H](C)O1. The van der Waals surface area contributed by atoms with Gasteiger partial charge in [-0.05, 0) is 44.9 Å². The quantitative estimate of drug-likeness (QED) is 0.803. The molecular weight excluding hydrogens is 320 g/mol.